The molecule has 4 nitrogen and oxygen atoms in total. The zero-order valence-corrected chi connectivity index (χ0v) is 9.43. The Hall–Kier alpha value is -0.970. The predicted octanol–water partition coefficient (Wildman–Crippen LogP) is 1.71. The van der Waals surface area contributed by atoms with Gasteiger partial charge in [0, 0.05) is 5.69 Å². The number of aliphatic carboxylic acids is 1. The molecule has 5 heteroatoms. The number of hydrogen-bond donors (Lipinski definition) is 2. The van der Waals surface area contributed by atoms with Crippen molar-refractivity contribution in [3.05, 3.63) is 11.4 Å². The number of fused-ring (bicyclic) bond motifs is 1. The van der Waals surface area contributed by atoms with Crippen LogP contribution < -0.4 is 0 Å². The van der Waals surface area contributed by atoms with Gasteiger partial charge < -0.3 is 10.1 Å². The minimum Gasteiger partial charge on any atom is -0.481 e. The van der Waals surface area contributed by atoms with Gasteiger partial charge >= 0.3 is 5.97 Å². The second kappa shape index (κ2) is 4.26. The molecule has 15 heavy (non-hydrogen) atoms. The van der Waals surface area contributed by atoms with Crippen LogP contribution in [0, 0.1) is 5.92 Å². The molecule has 0 bridgehead atoms. The number of aryl methyl sites for hydroxylation is 1. The van der Waals surface area contributed by atoms with Gasteiger partial charge in [-0.15, -0.1) is 0 Å². The highest BCUT2D eigenvalue weighted by Crippen LogP contribution is 2.26. The van der Waals surface area contributed by atoms with Gasteiger partial charge in [0.05, 0.1) is 11.4 Å². The predicted molar refractivity (Wildman–Crippen MR) is 58.1 cm³/mol. The van der Waals surface area contributed by atoms with Crippen molar-refractivity contribution in [2.24, 2.45) is 5.92 Å². The highest BCUT2D eigenvalue weighted by Gasteiger charge is 2.19. The molecule has 2 N–H and O–H groups in total. The van der Waals surface area contributed by atoms with Crippen molar-refractivity contribution in [2.75, 3.05) is 5.75 Å². The number of nitrogens with one attached hydrogen (secondary N) is 1. The lowest BCUT2D eigenvalue weighted by molar-refractivity contribution is -0.133. The largest absolute Gasteiger partial charge is 0.481 e. The molecule has 1 aliphatic carbocycles. The summed E-state index contributed by atoms with van der Waals surface area (Å²) in [5.41, 5.74) is 2.32. The Kier molecular flexibility index (Phi) is 3.00. The normalized spacial score (nSPS) is 19.9. The van der Waals surface area contributed by atoms with E-state index in [1.165, 1.54) is 23.9 Å². The van der Waals surface area contributed by atoms with Crippen molar-refractivity contribution in [3.8, 4) is 0 Å². The fourth-order valence-corrected chi connectivity index (χ4v) is 2.46. The lowest BCUT2D eigenvalue weighted by Crippen LogP contribution is -2.10. The van der Waals surface area contributed by atoms with Crippen LogP contribution in [-0.2, 0) is 17.6 Å². The molecule has 0 saturated heterocycles. The van der Waals surface area contributed by atoms with Crippen molar-refractivity contribution >= 4 is 17.7 Å². The third kappa shape index (κ3) is 2.53. The van der Waals surface area contributed by atoms with Crippen LogP contribution in [0.4, 0.5) is 0 Å². The summed E-state index contributed by atoms with van der Waals surface area (Å²) in [5.74, 6) is -0.0277. The number of carboxylic acid groups (broad SMARTS) is 1. The van der Waals surface area contributed by atoms with Crippen molar-refractivity contribution in [1.82, 2.24) is 9.97 Å². The number of aromatic amines is 1. The van der Waals surface area contributed by atoms with E-state index in [0.29, 0.717) is 5.92 Å². The van der Waals surface area contributed by atoms with E-state index in [9.17, 15) is 4.79 Å². The maximum atomic E-state index is 10.4. The highest BCUT2D eigenvalue weighted by atomic mass is 32.2. The summed E-state index contributed by atoms with van der Waals surface area (Å²) in [6, 6.07) is 0. The Morgan fingerprint density at radius 2 is 2.53 bits per heavy atom. The maximum Gasteiger partial charge on any atom is 0.313 e. The molecule has 1 heterocycles. The first-order valence-corrected chi connectivity index (χ1v) is 6.06. The summed E-state index contributed by atoms with van der Waals surface area (Å²) < 4.78 is 0. The number of rotatable bonds is 3. The molecule has 1 atom stereocenters. The molecule has 1 aromatic rings. The number of aromatic nitrogens is 2. The smallest absolute Gasteiger partial charge is 0.313 e. The molecular weight excluding hydrogens is 212 g/mol. The monoisotopic (exact) mass is 226 g/mol. The Bertz CT molecular complexity index is 375. The molecule has 0 spiro atoms. The summed E-state index contributed by atoms with van der Waals surface area (Å²) in [6.45, 7) is 2.23. The first kappa shape index (κ1) is 10.5. The van der Waals surface area contributed by atoms with Crippen LogP contribution in [0.5, 0.6) is 0 Å². The second-order valence-electron chi connectivity index (χ2n) is 4.00. The second-order valence-corrected chi connectivity index (χ2v) is 4.96. The lowest BCUT2D eigenvalue weighted by Gasteiger charge is -2.15. The van der Waals surface area contributed by atoms with Crippen LogP contribution in [0.15, 0.2) is 5.16 Å². The van der Waals surface area contributed by atoms with Gasteiger partial charge in [0.25, 0.3) is 0 Å². The van der Waals surface area contributed by atoms with Crippen LogP contribution in [0.3, 0.4) is 0 Å². The van der Waals surface area contributed by atoms with E-state index >= 15 is 0 Å². The van der Waals surface area contributed by atoms with Crippen molar-refractivity contribution in [1.29, 1.82) is 0 Å². The van der Waals surface area contributed by atoms with Crippen LogP contribution in [0.1, 0.15) is 24.7 Å². The van der Waals surface area contributed by atoms with Gasteiger partial charge in [-0.3, -0.25) is 4.79 Å². The average Bonchev–Trinajstić information content (AvgIpc) is 2.56. The minimum absolute atomic E-state index is 0.0714. The summed E-state index contributed by atoms with van der Waals surface area (Å²) in [5, 5.41) is 9.30. The van der Waals surface area contributed by atoms with E-state index < -0.39 is 5.97 Å². The molecule has 0 aromatic carbocycles. The molecule has 0 amide bonds. The molecule has 0 radical (unpaired) electrons. The van der Waals surface area contributed by atoms with Gasteiger partial charge in [-0.25, -0.2) is 4.98 Å². The van der Waals surface area contributed by atoms with Gasteiger partial charge in [-0.1, -0.05) is 18.7 Å². The maximum absolute atomic E-state index is 10.4. The molecule has 0 saturated carbocycles. The molecule has 0 aliphatic heterocycles. The summed E-state index contributed by atoms with van der Waals surface area (Å²) in [6.07, 6.45) is 3.23. The standard InChI is InChI=1S/C10H14N2O2S/c1-6-2-3-7-8(4-6)12-10(11-7)15-5-9(13)14/h6H,2-5H2,1H3,(H,11,12)(H,13,14). The molecular formula is C10H14N2O2S. The fourth-order valence-electron chi connectivity index (χ4n) is 1.83. The first-order valence-electron chi connectivity index (χ1n) is 5.07. The van der Waals surface area contributed by atoms with Gasteiger partial charge in [-0.2, -0.15) is 0 Å². The van der Waals surface area contributed by atoms with Crippen LogP contribution >= 0.6 is 11.8 Å². The molecule has 82 valence electrons. The van der Waals surface area contributed by atoms with Gasteiger partial charge in [-0.05, 0) is 25.2 Å². The first-order chi connectivity index (χ1) is 7.15. The quantitative estimate of drug-likeness (QED) is 0.770. The Morgan fingerprint density at radius 3 is 3.27 bits per heavy atom. The number of carbonyl (C=O) groups is 1. The third-order valence-corrected chi connectivity index (χ3v) is 3.46. The van der Waals surface area contributed by atoms with E-state index in [-0.39, 0.29) is 5.75 Å². The number of imidazole rings is 1. The summed E-state index contributed by atoms with van der Waals surface area (Å²) in [7, 11) is 0. The zero-order valence-electron chi connectivity index (χ0n) is 8.62. The number of thioether (sulfide) groups is 1. The SMILES string of the molecule is CC1CCc2nc(SCC(=O)O)[nH]c2C1. The molecule has 1 aromatic heterocycles. The Balaban J connectivity index is 2.06. The van der Waals surface area contributed by atoms with Gasteiger partial charge in [0.15, 0.2) is 5.16 Å². The lowest BCUT2D eigenvalue weighted by atomic mass is 9.92. The van der Waals surface area contributed by atoms with Gasteiger partial charge in [0.2, 0.25) is 0 Å². The van der Waals surface area contributed by atoms with E-state index in [4.69, 9.17) is 5.11 Å². The van der Waals surface area contributed by atoms with Crippen molar-refractivity contribution < 1.29 is 9.90 Å². The van der Waals surface area contributed by atoms with Gasteiger partial charge in [0.1, 0.15) is 0 Å². The summed E-state index contributed by atoms with van der Waals surface area (Å²) in [4.78, 5) is 18.0. The number of hydrogen-bond acceptors (Lipinski definition) is 3. The molecule has 1 aliphatic rings. The van der Waals surface area contributed by atoms with E-state index in [1.807, 2.05) is 0 Å². The van der Waals surface area contributed by atoms with Crippen molar-refractivity contribution in [3.63, 3.8) is 0 Å². The Morgan fingerprint density at radius 1 is 1.73 bits per heavy atom. The molecule has 1 unspecified atom stereocenters. The molecule has 0 fully saturated rings. The van der Waals surface area contributed by atoms with E-state index in [0.717, 1.165) is 23.7 Å². The summed E-state index contributed by atoms with van der Waals surface area (Å²) >= 11 is 1.26. The number of nitrogens with zero attached hydrogens (tertiary/aromatic N) is 1. The Labute approximate surface area is 92.5 Å². The number of carboxylic acids is 1. The van der Waals surface area contributed by atoms with Crippen LogP contribution in [0.25, 0.3) is 0 Å². The molecule has 2 rings (SSSR count). The third-order valence-electron chi connectivity index (χ3n) is 2.60. The fraction of sp³-hybridized carbons (Fsp3) is 0.600. The highest BCUT2D eigenvalue weighted by molar-refractivity contribution is 7.99. The van der Waals surface area contributed by atoms with Crippen LogP contribution in [-0.4, -0.2) is 26.8 Å². The minimum atomic E-state index is -0.803. The van der Waals surface area contributed by atoms with Crippen LogP contribution in [0.2, 0.25) is 0 Å². The van der Waals surface area contributed by atoms with E-state index in [2.05, 4.69) is 16.9 Å². The number of H-pyrrole nitrogens is 1. The van der Waals surface area contributed by atoms with Crippen molar-refractivity contribution in [2.45, 2.75) is 31.3 Å². The average molecular weight is 226 g/mol. The van der Waals surface area contributed by atoms with E-state index in [1.54, 1.807) is 0 Å². The zero-order chi connectivity index (χ0) is 10.8. The topological polar surface area (TPSA) is 66.0 Å².